The van der Waals surface area contributed by atoms with Crippen LogP contribution >= 0.6 is 0 Å². The van der Waals surface area contributed by atoms with Gasteiger partial charge in [-0.25, -0.2) is 0 Å². The van der Waals surface area contributed by atoms with E-state index in [1.807, 2.05) is 6.08 Å². The van der Waals surface area contributed by atoms with Crippen LogP contribution in [0.25, 0.3) is 0 Å². The predicted molar refractivity (Wildman–Crippen MR) is 267 cm³/mol. The summed E-state index contributed by atoms with van der Waals surface area (Å²) in [5.74, 6) is -0.171. The topological polar surface area (TPSA) is 149 Å². The maximum absolute atomic E-state index is 13.0. The van der Waals surface area contributed by atoms with Crippen LogP contribution in [0.1, 0.15) is 277 Å². The zero-order valence-corrected chi connectivity index (χ0v) is 42.1. The lowest BCUT2D eigenvalue weighted by atomic mass is 9.99. The minimum absolute atomic E-state index is 0.171. The Morgan fingerprint density at radius 3 is 1.22 bits per heavy atom. The molecule has 9 heteroatoms. The molecule has 9 nitrogen and oxygen atoms in total. The van der Waals surface area contributed by atoms with Crippen LogP contribution in [0.15, 0.2) is 12.2 Å². The van der Waals surface area contributed by atoms with Gasteiger partial charge in [-0.2, -0.15) is 0 Å². The highest BCUT2D eigenvalue weighted by Crippen LogP contribution is 2.23. The Labute approximate surface area is 395 Å². The highest BCUT2D eigenvalue weighted by Gasteiger charge is 2.44. The SMILES string of the molecule is CCCCCCCCCCCCCCCCCCCCCCCC/C=C/C(O)C(COC1OC(CO)C(O)C(O)C1O)NC(=O)CCCCCCCCCCCCCCCCCCC. The van der Waals surface area contributed by atoms with Gasteiger partial charge in [-0.1, -0.05) is 264 Å². The van der Waals surface area contributed by atoms with Crippen molar-refractivity contribution in [2.75, 3.05) is 13.2 Å². The van der Waals surface area contributed by atoms with Gasteiger partial charge >= 0.3 is 0 Å². The van der Waals surface area contributed by atoms with Crippen LogP contribution < -0.4 is 5.32 Å². The highest BCUT2D eigenvalue weighted by atomic mass is 16.7. The third-order valence-electron chi connectivity index (χ3n) is 13.6. The second-order valence-corrected chi connectivity index (χ2v) is 19.7. The summed E-state index contributed by atoms with van der Waals surface area (Å²) in [6, 6.07) is -0.800. The molecule has 0 saturated carbocycles. The zero-order chi connectivity index (χ0) is 46.6. The lowest BCUT2D eigenvalue weighted by Crippen LogP contribution is -2.60. The lowest BCUT2D eigenvalue weighted by molar-refractivity contribution is -0.302. The molecule has 1 aliphatic rings. The smallest absolute Gasteiger partial charge is 0.220 e. The van der Waals surface area contributed by atoms with Crippen LogP contribution in [0.5, 0.6) is 0 Å². The van der Waals surface area contributed by atoms with Gasteiger partial charge in [0.1, 0.15) is 24.4 Å². The van der Waals surface area contributed by atoms with Crippen molar-refractivity contribution in [2.45, 2.75) is 320 Å². The Kier molecular flexibility index (Phi) is 43.5. The monoisotopic (exact) mass is 910 g/mol. The van der Waals surface area contributed by atoms with Crippen LogP contribution in [0.4, 0.5) is 0 Å². The van der Waals surface area contributed by atoms with Crippen LogP contribution in [0.2, 0.25) is 0 Å². The maximum Gasteiger partial charge on any atom is 0.220 e. The number of hydrogen-bond donors (Lipinski definition) is 6. The van der Waals surface area contributed by atoms with Crippen molar-refractivity contribution in [3.05, 3.63) is 12.2 Å². The molecule has 0 spiro atoms. The van der Waals surface area contributed by atoms with Gasteiger partial charge in [0.05, 0.1) is 25.4 Å². The molecule has 1 amide bonds. The quantitative estimate of drug-likeness (QED) is 0.0261. The van der Waals surface area contributed by atoms with E-state index in [1.54, 1.807) is 6.08 Å². The standard InChI is InChI=1S/C55H107NO8/c1-3-5-7-9-11-13-15-17-19-21-22-23-24-25-26-27-29-30-32-34-36-38-40-42-44-49(58)48(47-63-55-54(62)53(61)52(60)50(46-57)64-55)56-51(59)45-43-41-39-37-35-33-31-28-20-18-16-14-12-10-8-6-4-2/h42,44,48-50,52-55,57-58,60-62H,3-41,43,45-47H2,1-2H3,(H,56,59)/b44-42+. The first kappa shape index (κ1) is 60.9. The fourth-order valence-corrected chi connectivity index (χ4v) is 9.16. The molecule has 7 unspecified atom stereocenters. The molecule has 380 valence electrons. The van der Waals surface area contributed by atoms with E-state index in [1.165, 1.54) is 218 Å². The van der Waals surface area contributed by atoms with E-state index in [-0.39, 0.29) is 12.5 Å². The molecular weight excluding hydrogens is 803 g/mol. The van der Waals surface area contributed by atoms with Crippen molar-refractivity contribution in [3.8, 4) is 0 Å². The second kappa shape index (κ2) is 45.7. The van der Waals surface area contributed by atoms with Crippen molar-refractivity contribution in [1.82, 2.24) is 5.32 Å². The van der Waals surface area contributed by atoms with E-state index < -0.39 is 49.5 Å². The van der Waals surface area contributed by atoms with Gasteiger partial charge < -0.3 is 40.3 Å². The number of hydrogen-bond acceptors (Lipinski definition) is 8. The average Bonchev–Trinajstić information content (AvgIpc) is 3.29. The zero-order valence-electron chi connectivity index (χ0n) is 42.1. The maximum atomic E-state index is 13.0. The molecule has 0 aromatic heterocycles. The van der Waals surface area contributed by atoms with Gasteiger partial charge in [-0.05, 0) is 19.3 Å². The first-order valence-corrected chi connectivity index (χ1v) is 27.9. The molecule has 1 saturated heterocycles. The number of aliphatic hydroxyl groups excluding tert-OH is 5. The Hall–Kier alpha value is -1.07. The van der Waals surface area contributed by atoms with E-state index in [9.17, 15) is 30.3 Å². The molecule has 0 radical (unpaired) electrons. The third-order valence-corrected chi connectivity index (χ3v) is 13.6. The number of rotatable bonds is 48. The summed E-state index contributed by atoms with van der Waals surface area (Å²) in [7, 11) is 0. The number of nitrogens with one attached hydrogen (secondary N) is 1. The first-order chi connectivity index (χ1) is 31.3. The van der Waals surface area contributed by atoms with E-state index in [0.717, 1.165) is 38.5 Å². The number of ether oxygens (including phenoxy) is 2. The lowest BCUT2D eigenvalue weighted by Gasteiger charge is -2.40. The number of unbranched alkanes of at least 4 members (excludes halogenated alkanes) is 38. The molecule has 1 fully saturated rings. The average molecular weight is 910 g/mol. The summed E-state index contributed by atoms with van der Waals surface area (Å²) in [4.78, 5) is 13.0. The van der Waals surface area contributed by atoms with Gasteiger partial charge in [0, 0.05) is 6.42 Å². The van der Waals surface area contributed by atoms with Crippen molar-refractivity contribution in [3.63, 3.8) is 0 Å². The molecule has 0 bridgehead atoms. The summed E-state index contributed by atoms with van der Waals surface area (Å²) >= 11 is 0. The molecule has 1 rings (SSSR count). The minimum atomic E-state index is -1.56. The minimum Gasteiger partial charge on any atom is -0.394 e. The number of allylic oxidation sites excluding steroid dienone is 1. The summed E-state index contributed by atoms with van der Waals surface area (Å²) in [5, 5.41) is 54.5. The summed E-state index contributed by atoms with van der Waals surface area (Å²) < 4.78 is 11.3. The van der Waals surface area contributed by atoms with E-state index >= 15 is 0 Å². The van der Waals surface area contributed by atoms with E-state index in [4.69, 9.17) is 9.47 Å². The number of aliphatic hydroxyl groups is 5. The molecular formula is C55H107NO8. The van der Waals surface area contributed by atoms with Crippen LogP contribution in [-0.2, 0) is 14.3 Å². The van der Waals surface area contributed by atoms with Gasteiger partial charge in [-0.3, -0.25) is 4.79 Å². The summed E-state index contributed by atoms with van der Waals surface area (Å²) in [5.41, 5.74) is 0. The van der Waals surface area contributed by atoms with Gasteiger partial charge in [0.2, 0.25) is 5.91 Å². The van der Waals surface area contributed by atoms with Crippen molar-refractivity contribution in [2.24, 2.45) is 0 Å². The van der Waals surface area contributed by atoms with Crippen molar-refractivity contribution in [1.29, 1.82) is 0 Å². The van der Waals surface area contributed by atoms with Gasteiger partial charge in [-0.15, -0.1) is 0 Å². The highest BCUT2D eigenvalue weighted by molar-refractivity contribution is 5.76. The van der Waals surface area contributed by atoms with Crippen LogP contribution in [0.3, 0.4) is 0 Å². The third kappa shape index (κ3) is 35.1. The first-order valence-electron chi connectivity index (χ1n) is 27.9. The molecule has 64 heavy (non-hydrogen) atoms. The van der Waals surface area contributed by atoms with Crippen LogP contribution in [0, 0.1) is 0 Å². The van der Waals surface area contributed by atoms with E-state index in [0.29, 0.717) is 6.42 Å². The Morgan fingerprint density at radius 1 is 0.516 bits per heavy atom. The normalized spacial score (nSPS) is 20.0. The summed E-state index contributed by atoms with van der Waals surface area (Å²) in [6.07, 6.45) is 48.4. The molecule has 1 aliphatic heterocycles. The van der Waals surface area contributed by atoms with Crippen molar-refractivity contribution < 1.29 is 39.8 Å². The molecule has 6 N–H and O–H groups in total. The van der Waals surface area contributed by atoms with Crippen molar-refractivity contribution >= 4 is 5.91 Å². The fourth-order valence-electron chi connectivity index (χ4n) is 9.16. The number of carbonyl (C=O) groups excluding carboxylic acids is 1. The predicted octanol–water partition coefficient (Wildman–Crippen LogP) is 13.2. The van der Waals surface area contributed by atoms with Gasteiger partial charge in [0.25, 0.3) is 0 Å². The molecule has 0 aromatic rings. The second-order valence-electron chi connectivity index (χ2n) is 19.7. The van der Waals surface area contributed by atoms with E-state index in [2.05, 4.69) is 19.2 Å². The largest absolute Gasteiger partial charge is 0.394 e. The molecule has 0 aromatic carbocycles. The molecule has 7 atom stereocenters. The number of amides is 1. The Balaban J connectivity index is 2.23. The molecule has 1 heterocycles. The Morgan fingerprint density at radius 2 is 0.859 bits per heavy atom. The number of carbonyl (C=O) groups is 1. The fraction of sp³-hybridized carbons (Fsp3) is 0.945. The van der Waals surface area contributed by atoms with Gasteiger partial charge in [0.15, 0.2) is 6.29 Å². The van der Waals surface area contributed by atoms with Crippen LogP contribution in [-0.4, -0.2) is 87.5 Å². The molecule has 0 aliphatic carbocycles. The summed E-state index contributed by atoms with van der Waals surface area (Å²) in [6.45, 7) is 3.82. The Bertz CT molecular complexity index is 1010.